The first-order valence-electron chi connectivity index (χ1n) is 6.09. The lowest BCUT2D eigenvalue weighted by Crippen LogP contribution is -2.33. The standard InChI is InChI=1S/C13H20N4/c1-11(2)10-16(8-6-14)13-5-3-4-12-15-7-9-17(12)13/h3-5,7,9,11H,6,8,10,14H2,1-2H3. The predicted molar refractivity (Wildman–Crippen MR) is 71.3 cm³/mol. The molecule has 2 N–H and O–H groups in total. The van der Waals surface area contributed by atoms with Gasteiger partial charge in [-0.3, -0.25) is 4.40 Å². The summed E-state index contributed by atoms with van der Waals surface area (Å²) in [6.45, 7) is 6.98. The van der Waals surface area contributed by atoms with Crippen LogP contribution in [-0.4, -0.2) is 29.0 Å². The van der Waals surface area contributed by atoms with Gasteiger partial charge in [-0.05, 0) is 18.1 Å². The van der Waals surface area contributed by atoms with Crippen molar-refractivity contribution in [1.29, 1.82) is 0 Å². The molecule has 0 spiro atoms. The summed E-state index contributed by atoms with van der Waals surface area (Å²) in [6, 6.07) is 6.17. The van der Waals surface area contributed by atoms with E-state index in [1.165, 1.54) is 5.82 Å². The van der Waals surface area contributed by atoms with E-state index in [0.29, 0.717) is 12.5 Å². The van der Waals surface area contributed by atoms with E-state index < -0.39 is 0 Å². The van der Waals surface area contributed by atoms with E-state index >= 15 is 0 Å². The molecule has 0 radical (unpaired) electrons. The summed E-state index contributed by atoms with van der Waals surface area (Å²) in [6.07, 6.45) is 3.82. The molecular weight excluding hydrogens is 212 g/mol. The molecule has 0 aliphatic rings. The van der Waals surface area contributed by atoms with Crippen LogP contribution in [-0.2, 0) is 0 Å². The van der Waals surface area contributed by atoms with Gasteiger partial charge in [0.25, 0.3) is 0 Å². The molecule has 0 amide bonds. The normalized spacial score (nSPS) is 11.3. The van der Waals surface area contributed by atoms with Crippen LogP contribution in [0.2, 0.25) is 0 Å². The van der Waals surface area contributed by atoms with E-state index in [1.807, 2.05) is 24.5 Å². The lowest BCUT2D eigenvalue weighted by atomic mass is 10.2. The molecule has 0 aromatic carbocycles. The Labute approximate surface area is 102 Å². The number of hydrogen-bond donors (Lipinski definition) is 1. The number of nitrogens with two attached hydrogens (primary N) is 1. The molecule has 2 aromatic rings. The Morgan fingerprint density at radius 3 is 2.94 bits per heavy atom. The van der Waals surface area contributed by atoms with Crippen molar-refractivity contribution in [3.05, 3.63) is 30.6 Å². The van der Waals surface area contributed by atoms with Gasteiger partial charge in [0.2, 0.25) is 0 Å². The van der Waals surface area contributed by atoms with Gasteiger partial charge in [-0.1, -0.05) is 19.9 Å². The number of fused-ring (bicyclic) bond motifs is 1. The fourth-order valence-electron chi connectivity index (χ4n) is 2.09. The number of aromatic nitrogens is 2. The van der Waals surface area contributed by atoms with Crippen molar-refractivity contribution >= 4 is 11.5 Å². The SMILES string of the molecule is CC(C)CN(CCN)c1cccc2nccn12. The van der Waals surface area contributed by atoms with E-state index in [4.69, 9.17) is 5.73 Å². The van der Waals surface area contributed by atoms with Crippen LogP contribution in [0.1, 0.15) is 13.8 Å². The molecule has 17 heavy (non-hydrogen) atoms. The fraction of sp³-hybridized carbons (Fsp3) is 0.462. The summed E-state index contributed by atoms with van der Waals surface area (Å²) in [5.41, 5.74) is 6.68. The van der Waals surface area contributed by atoms with Crippen LogP contribution in [0, 0.1) is 5.92 Å². The highest BCUT2D eigenvalue weighted by Crippen LogP contribution is 2.17. The van der Waals surface area contributed by atoms with E-state index in [1.54, 1.807) is 0 Å². The molecule has 2 rings (SSSR count). The third-order valence-electron chi connectivity index (χ3n) is 2.72. The first-order chi connectivity index (χ1) is 8.22. The van der Waals surface area contributed by atoms with Crippen LogP contribution in [0.3, 0.4) is 0 Å². The second-order valence-corrected chi connectivity index (χ2v) is 4.67. The second-order valence-electron chi connectivity index (χ2n) is 4.67. The van der Waals surface area contributed by atoms with E-state index in [0.717, 1.165) is 18.7 Å². The molecule has 0 fully saturated rings. The van der Waals surface area contributed by atoms with Crippen LogP contribution >= 0.6 is 0 Å². The van der Waals surface area contributed by atoms with Gasteiger partial charge in [-0.25, -0.2) is 4.98 Å². The number of imidazole rings is 1. The molecule has 4 heteroatoms. The molecule has 92 valence electrons. The Hall–Kier alpha value is -1.55. The summed E-state index contributed by atoms with van der Waals surface area (Å²) in [5, 5.41) is 0. The molecule has 0 saturated carbocycles. The number of nitrogens with zero attached hydrogens (tertiary/aromatic N) is 3. The molecule has 0 aliphatic carbocycles. The average Bonchev–Trinajstić information content (AvgIpc) is 2.75. The van der Waals surface area contributed by atoms with Gasteiger partial charge in [0, 0.05) is 32.0 Å². The van der Waals surface area contributed by atoms with Crippen LogP contribution in [0.5, 0.6) is 0 Å². The number of pyridine rings is 1. The Balaban J connectivity index is 2.36. The van der Waals surface area contributed by atoms with Gasteiger partial charge < -0.3 is 10.6 Å². The van der Waals surface area contributed by atoms with Crippen molar-refractivity contribution in [1.82, 2.24) is 9.38 Å². The van der Waals surface area contributed by atoms with Crippen LogP contribution in [0.25, 0.3) is 5.65 Å². The Bertz CT molecular complexity index is 475. The summed E-state index contributed by atoms with van der Waals surface area (Å²) < 4.78 is 2.11. The second kappa shape index (κ2) is 5.19. The zero-order chi connectivity index (χ0) is 12.3. The molecular formula is C13H20N4. The third-order valence-corrected chi connectivity index (χ3v) is 2.72. The third kappa shape index (κ3) is 2.58. The average molecular weight is 232 g/mol. The largest absolute Gasteiger partial charge is 0.356 e. The molecule has 2 heterocycles. The van der Waals surface area contributed by atoms with E-state index in [9.17, 15) is 0 Å². The van der Waals surface area contributed by atoms with Crippen molar-refractivity contribution < 1.29 is 0 Å². The summed E-state index contributed by atoms with van der Waals surface area (Å²) >= 11 is 0. The summed E-state index contributed by atoms with van der Waals surface area (Å²) in [5.74, 6) is 1.78. The molecule has 4 nitrogen and oxygen atoms in total. The van der Waals surface area contributed by atoms with Crippen LogP contribution in [0.4, 0.5) is 5.82 Å². The molecule has 0 bridgehead atoms. The van der Waals surface area contributed by atoms with Crippen molar-refractivity contribution in [2.45, 2.75) is 13.8 Å². The molecule has 0 atom stereocenters. The lowest BCUT2D eigenvalue weighted by molar-refractivity contribution is 0.605. The van der Waals surface area contributed by atoms with Crippen molar-refractivity contribution in [2.24, 2.45) is 11.7 Å². The smallest absolute Gasteiger partial charge is 0.138 e. The minimum atomic E-state index is 0.611. The molecule has 0 saturated heterocycles. The molecule has 0 aliphatic heterocycles. The molecule has 2 aromatic heterocycles. The maximum Gasteiger partial charge on any atom is 0.138 e. The van der Waals surface area contributed by atoms with E-state index in [-0.39, 0.29) is 0 Å². The highest BCUT2D eigenvalue weighted by Gasteiger charge is 2.10. The highest BCUT2D eigenvalue weighted by atomic mass is 15.2. The zero-order valence-corrected chi connectivity index (χ0v) is 10.5. The van der Waals surface area contributed by atoms with Gasteiger partial charge in [-0.2, -0.15) is 0 Å². The number of hydrogen-bond acceptors (Lipinski definition) is 3. The summed E-state index contributed by atoms with van der Waals surface area (Å²) in [7, 11) is 0. The minimum Gasteiger partial charge on any atom is -0.356 e. The van der Waals surface area contributed by atoms with Crippen LogP contribution < -0.4 is 10.6 Å². The number of anilines is 1. The van der Waals surface area contributed by atoms with Gasteiger partial charge in [-0.15, -0.1) is 0 Å². The molecule has 0 unspecified atom stereocenters. The highest BCUT2D eigenvalue weighted by molar-refractivity contribution is 5.51. The van der Waals surface area contributed by atoms with Crippen molar-refractivity contribution in [3.63, 3.8) is 0 Å². The Morgan fingerprint density at radius 2 is 2.24 bits per heavy atom. The summed E-state index contributed by atoms with van der Waals surface area (Å²) in [4.78, 5) is 6.62. The maximum atomic E-state index is 5.70. The quantitative estimate of drug-likeness (QED) is 0.854. The first-order valence-corrected chi connectivity index (χ1v) is 6.09. The van der Waals surface area contributed by atoms with Crippen molar-refractivity contribution in [2.75, 3.05) is 24.5 Å². The monoisotopic (exact) mass is 232 g/mol. The van der Waals surface area contributed by atoms with Gasteiger partial charge in [0.15, 0.2) is 0 Å². The van der Waals surface area contributed by atoms with Gasteiger partial charge in [0.05, 0.1) is 0 Å². The first kappa shape index (κ1) is 11.9. The topological polar surface area (TPSA) is 46.6 Å². The fourth-order valence-corrected chi connectivity index (χ4v) is 2.09. The predicted octanol–water partition coefficient (Wildman–Crippen LogP) is 1.76. The Kier molecular flexibility index (Phi) is 3.64. The number of rotatable bonds is 5. The van der Waals surface area contributed by atoms with Gasteiger partial charge >= 0.3 is 0 Å². The van der Waals surface area contributed by atoms with Crippen molar-refractivity contribution in [3.8, 4) is 0 Å². The zero-order valence-electron chi connectivity index (χ0n) is 10.5. The Morgan fingerprint density at radius 1 is 1.41 bits per heavy atom. The maximum absolute atomic E-state index is 5.70. The van der Waals surface area contributed by atoms with Gasteiger partial charge in [0.1, 0.15) is 11.5 Å². The minimum absolute atomic E-state index is 0.611. The van der Waals surface area contributed by atoms with Crippen LogP contribution in [0.15, 0.2) is 30.6 Å². The van der Waals surface area contributed by atoms with E-state index in [2.05, 4.69) is 34.2 Å². The lowest BCUT2D eigenvalue weighted by Gasteiger charge is -2.26.